The van der Waals surface area contributed by atoms with Crippen molar-refractivity contribution < 1.29 is 28.4 Å². The van der Waals surface area contributed by atoms with Crippen molar-refractivity contribution in [3.63, 3.8) is 0 Å². The zero-order chi connectivity index (χ0) is 28.7. The van der Waals surface area contributed by atoms with Crippen molar-refractivity contribution in [1.82, 2.24) is 49.8 Å². The number of anilines is 3. The van der Waals surface area contributed by atoms with Gasteiger partial charge in [-0.3, -0.25) is 4.90 Å². The van der Waals surface area contributed by atoms with Crippen molar-refractivity contribution in [3.05, 3.63) is 0 Å². The summed E-state index contributed by atoms with van der Waals surface area (Å²) in [5.41, 5.74) is 0. The molecule has 0 aliphatic heterocycles. The first-order chi connectivity index (χ1) is 19.5. The third-order valence-electron chi connectivity index (χ3n) is 5.01. The first kappa shape index (κ1) is 29.7. The van der Waals surface area contributed by atoms with E-state index in [4.69, 9.17) is 28.4 Å². The summed E-state index contributed by atoms with van der Waals surface area (Å²) in [4.78, 5) is 39.3. The summed E-state index contributed by atoms with van der Waals surface area (Å²) in [6, 6.07) is 0.867. The molecule has 19 heteroatoms. The maximum atomic E-state index is 5.10. The van der Waals surface area contributed by atoms with Gasteiger partial charge in [0, 0.05) is 39.3 Å². The first-order valence-corrected chi connectivity index (χ1v) is 12.0. The van der Waals surface area contributed by atoms with E-state index in [0.29, 0.717) is 57.1 Å². The fraction of sp³-hybridized carbons (Fsp3) is 0.571. The lowest BCUT2D eigenvalue weighted by Crippen LogP contribution is -2.37. The molecular weight excluding hydrogens is 530 g/mol. The number of nitrogens with one attached hydrogen (secondary N) is 3. The Balaban J connectivity index is 1.62. The van der Waals surface area contributed by atoms with Crippen molar-refractivity contribution in [1.29, 1.82) is 0 Å². The van der Waals surface area contributed by atoms with E-state index in [9.17, 15) is 0 Å². The molecule has 0 amide bonds. The van der Waals surface area contributed by atoms with Crippen LogP contribution >= 0.6 is 0 Å². The normalized spacial score (nSPS) is 10.6. The molecule has 0 unspecified atom stereocenters. The van der Waals surface area contributed by atoms with Gasteiger partial charge in [0.05, 0.1) is 42.7 Å². The van der Waals surface area contributed by atoms with Gasteiger partial charge in [0.2, 0.25) is 17.8 Å². The highest BCUT2D eigenvalue weighted by atomic mass is 16.5. The molecule has 0 saturated heterocycles. The fourth-order valence-corrected chi connectivity index (χ4v) is 3.11. The molecule has 0 aliphatic rings. The molecule has 3 aromatic rings. The Kier molecular flexibility index (Phi) is 11.6. The van der Waals surface area contributed by atoms with Gasteiger partial charge in [-0.2, -0.15) is 29.9 Å². The van der Waals surface area contributed by atoms with E-state index < -0.39 is 0 Å². The Morgan fingerprint density at radius 1 is 0.400 bits per heavy atom. The smallest absolute Gasteiger partial charge is 0.324 e. The number of methoxy groups -OCH3 is 6. The van der Waals surface area contributed by atoms with E-state index in [1.165, 1.54) is 42.7 Å². The second-order valence-corrected chi connectivity index (χ2v) is 7.52. The van der Waals surface area contributed by atoms with Crippen LogP contribution in [-0.2, 0) is 0 Å². The molecule has 0 bridgehead atoms. The van der Waals surface area contributed by atoms with Crippen molar-refractivity contribution in [2.24, 2.45) is 0 Å². The van der Waals surface area contributed by atoms with Crippen LogP contribution in [0.2, 0.25) is 0 Å². The van der Waals surface area contributed by atoms with E-state index in [1.54, 1.807) is 0 Å². The highest BCUT2D eigenvalue weighted by molar-refractivity contribution is 5.29. The lowest BCUT2D eigenvalue weighted by atomic mass is 10.4. The van der Waals surface area contributed by atoms with Crippen LogP contribution in [0, 0.1) is 0 Å². The summed E-state index contributed by atoms with van der Waals surface area (Å²) in [5, 5.41) is 9.49. The summed E-state index contributed by atoms with van der Waals surface area (Å²) in [6.45, 7) is 3.39. The van der Waals surface area contributed by atoms with E-state index in [2.05, 4.69) is 65.7 Å². The van der Waals surface area contributed by atoms with Gasteiger partial charge in [-0.05, 0) is 0 Å². The molecule has 218 valence electrons. The second-order valence-electron chi connectivity index (χ2n) is 7.52. The van der Waals surface area contributed by atoms with Crippen molar-refractivity contribution in [2.45, 2.75) is 0 Å². The SMILES string of the molecule is COc1nc(NCCN(CCNc2nc(OC)nc(OC)n2)CCNc2nc(OC)nc(OC)n2)nc(OC)n1. The van der Waals surface area contributed by atoms with Gasteiger partial charge in [-0.25, -0.2) is 0 Å². The van der Waals surface area contributed by atoms with Crippen LogP contribution in [-0.4, -0.2) is 132 Å². The molecule has 0 aliphatic carbocycles. The highest BCUT2D eigenvalue weighted by Gasteiger charge is 2.12. The van der Waals surface area contributed by atoms with Gasteiger partial charge in [0.1, 0.15) is 0 Å². The van der Waals surface area contributed by atoms with Crippen molar-refractivity contribution in [3.8, 4) is 36.1 Å². The van der Waals surface area contributed by atoms with Gasteiger partial charge in [-0.15, -0.1) is 15.0 Å². The minimum atomic E-state index is 0.144. The summed E-state index contributed by atoms with van der Waals surface area (Å²) in [6.07, 6.45) is 0. The molecule has 0 atom stereocenters. The predicted molar refractivity (Wildman–Crippen MR) is 141 cm³/mol. The van der Waals surface area contributed by atoms with Crippen LogP contribution in [0.3, 0.4) is 0 Å². The van der Waals surface area contributed by atoms with Crippen LogP contribution in [0.4, 0.5) is 17.8 Å². The average Bonchev–Trinajstić information content (AvgIpc) is 2.99. The maximum Gasteiger partial charge on any atom is 0.324 e. The van der Waals surface area contributed by atoms with Gasteiger partial charge >= 0.3 is 36.1 Å². The second kappa shape index (κ2) is 15.6. The fourth-order valence-electron chi connectivity index (χ4n) is 3.11. The number of aromatic nitrogens is 9. The van der Waals surface area contributed by atoms with Crippen molar-refractivity contribution >= 4 is 17.8 Å². The molecular formula is C21H33N13O6. The third kappa shape index (κ3) is 9.19. The summed E-state index contributed by atoms with van der Waals surface area (Å²) >= 11 is 0. The average molecular weight is 564 g/mol. The molecule has 3 heterocycles. The Hall–Kier alpha value is -4.81. The number of nitrogens with zero attached hydrogens (tertiary/aromatic N) is 10. The van der Waals surface area contributed by atoms with Gasteiger partial charge in [-0.1, -0.05) is 0 Å². The molecule has 0 saturated carbocycles. The molecule has 3 N–H and O–H groups in total. The topological polar surface area (TPSA) is 211 Å². The van der Waals surface area contributed by atoms with Crippen LogP contribution in [0.25, 0.3) is 0 Å². The molecule has 3 rings (SSSR count). The monoisotopic (exact) mass is 563 g/mol. The third-order valence-corrected chi connectivity index (χ3v) is 5.01. The number of rotatable bonds is 18. The Morgan fingerprint density at radius 2 is 0.625 bits per heavy atom. The summed E-state index contributed by atoms with van der Waals surface area (Å²) in [5.74, 6) is 0.982. The van der Waals surface area contributed by atoms with Crippen LogP contribution < -0.4 is 44.4 Å². The van der Waals surface area contributed by atoms with E-state index in [1.807, 2.05) is 0 Å². The largest absolute Gasteiger partial charge is 0.467 e. The van der Waals surface area contributed by atoms with Gasteiger partial charge in [0.25, 0.3) is 0 Å². The zero-order valence-electron chi connectivity index (χ0n) is 23.2. The number of hydrogen-bond acceptors (Lipinski definition) is 19. The lowest BCUT2D eigenvalue weighted by Gasteiger charge is -2.23. The first-order valence-electron chi connectivity index (χ1n) is 12.0. The van der Waals surface area contributed by atoms with Crippen LogP contribution in [0.1, 0.15) is 0 Å². The van der Waals surface area contributed by atoms with Gasteiger partial charge < -0.3 is 44.4 Å². The standard InChI is InChI=1S/C21H33N13O6/c1-35-16-25-13(26-17(31-16)36-2)22-7-10-34(11-8-23-14-27-18(37-3)32-19(28-14)38-4)12-9-24-15-29-20(39-5)33-21(30-15)40-6/h7-12H2,1-6H3,(H,22,25,26,31)(H,23,27,28,32)(H,24,29,30,33). The Bertz CT molecular complexity index is 995. The summed E-state index contributed by atoms with van der Waals surface area (Å²) < 4.78 is 30.6. The maximum absolute atomic E-state index is 5.10. The number of hydrogen-bond donors (Lipinski definition) is 3. The van der Waals surface area contributed by atoms with Gasteiger partial charge in [0.15, 0.2) is 0 Å². The molecule has 0 fully saturated rings. The molecule has 0 spiro atoms. The molecule has 40 heavy (non-hydrogen) atoms. The Labute approximate surface area is 230 Å². The van der Waals surface area contributed by atoms with E-state index >= 15 is 0 Å². The van der Waals surface area contributed by atoms with Crippen LogP contribution in [0.15, 0.2) is 0 Å². The molecule has 0 aromatic carbocycles. The number of ether oxygens (including phenoxy) is 6. The molecule has 3 aromatic heterocycles. The molecule has 0 radical (unpaired) electrons. The minimum Gasteiger partial charge on any atom is -0.467 e. The Morgan fingerprint density at radius 3 is 0.825 bits per heavy atom. The summed E-state index contributed by atoms with van der Waals surface area (Å²) in [7, 11) is 8.81. The quantitative estimate of drug-likeness (QED) is 0.173. The van der Waals surface area contributed by atoms with E-state index in [-0.39, 0.29) is 36.1 Å². The zero-order valence-corrected chi connectivity index (χ0v) is 23.2. The highest BCUT2D eigenvalue weighted by Crippen LogP contribution is 2.14. The minimum absolute atomic E-state index is 0.144. The van der Waals surface area contributed by atoms with E-state index in [0.717, 1.165) is 0 Å². The molecule has 19 nitrogen and oxygen atoms in total. The van der Waals surface area contributed by atoms with Crippen molar-refractivity contribution in [2.75, 3.05) is 97.9 Å². The lowest BCUT2D eigenvalue weighted by molar-refractivity contribution is 0.304. The van der Waals surface area contributed by atoms with Crippen LogP contribution in [0.5, 0.6) is 36.1 Å². The predicted octanol–water partition coefficient (Wildman–Crippen LogP) is -0.769.